The summed E-state index contributed by atoms with van der Waals surface area (Å²) in [7, 11) is 0. The second kappa shape index (κ2) is 26.4. The molecule has 0 aromatic heterocycles. The molecule has 1 saturated heterocycles. The Morgan fingerprint density at radius 2 is 1.07 bits per heavy atom. The van der Waals surface area contributed by atoms with E-state index in [-0.39, 0.29) is 102 Å². The second-order valence-electron chi connectivity index (χ2n) is 17.9. The quantitative estimate of drug-likeness (QED) is 0.104. The molecule has 1 aliphatic heterocycles. The van der Waals surface area contributed by atoms with E-state index in [1.165, 1.54) is 13.8 Å². The highest BCUT2D eigenvalue weighted by Crippen LogP contribution is 2.26. The van der Waals surface area contributed by atoms with Gasteiger partial charge in [0.1, 0.15) is 17.9 Å². The zero-order valence-corrected chi connectivity index (χ0v) is 37.1. The van der Waals surface area contributed by atoms with Gasteiger partial charge < -0.3 is 26.6 Å². The van der Waals surface area contributed by atoms with Gasteiger partial charge >= 0.3 is 0 Å². The van der Waals surface area contributed by atoms with E-state index in [9.17, 15) is 48.9 Å². The summed E-state index contributed by atoms with van der Waals surface area (Å²) in [6.07, 6.45) is 5.38. The molecule has 2 rings (SSSR count). The smallest absolute Gasteiger partial charge is 0.224 e. The first kappa shape index (κ1) is 52.4. The maximum atomic E-state index is 12.9. The van der Waals surface area contributed by atoms with E-state index >= 15 is 0 Å². The van der Waals surface area contributed by atoms with Gasteiger partial charge in [-0.1, -0.05) is 61.8 Å². The van der Waals surface area contributed by atoms with Gasteiger partial charge in [-0.15, -0.1) is 0 Å². The largest absolute Gasteiger partial charge is 0.356 e. The maximum Gasteiger partial charge on any atom is 0.224 e. The first-order valence-corrected chi connectivity index (χ1v) is 21.4. The molecular formula is C44H71N7O8. The van der Waals surface area contributed by atoms with Gasteiger partial charge in [0.05, 0.1) is 24.2 Å². The Labute approximate surface area is 351 Å². The third kappa shape index (κ3) is 19.8. The summed E-state index contributed by atoms with van der Waals surface area (Å²) in [4.78, 5) is 98.1. The molecule has 330 valence electrons. The number of amides is 5. The van der Waals surface area contributed by atoms with Gasteiger partial charge in [0, 0.05) is 63.3 Å². The van der Waals surface area contributed by atoms with Crippen LogP contribution in [-0.4, -0.2) is 77.6 Å². The van der Waals surface area contributed by atoms with Crippen molar-refractivity contribution in [2.75, 3.05) is 6.54 Å². The second-order valence-corrected chi connectivity index (χ2v) is 17.9. The molecule has 2 aliphatic rings. The van der Waals surface area contributed by atoms with Crippen molar-refractivity contribution in [1.82, 2.24) is 26.6 Å². The minimum absolute atomic E-state index is 0.00476. The Balaban J connectivity index is 0.000000590. The van der Waals surface area contributed by atoms with Gasteiger partial charge in [-0.05, 0) is 68.6 Å². The third-order valence-corrected chi connectivity index (χ3v) is 10.7. The fourth-order valence-electron chi connectivity index (χ4n) is 7.73. The summed E-state index contributed by atoms with van der Waals surface area (Å²) in [5.74, 6) is -3.03. The highest BCUT2D eigenvalue weighted by molar-refractivity contribution is 5.93. The van der Waals surface area contributed by atoms with Crippen LogP contribution in [0.3, 0.4) is 0 Å². The van der Waals surface area contributed by atoms with Gasteiger partial charge in [-0.25, -0.2) is 0 Å². The van der Waals surface area contributed by atoms with Crippen molar-refractivity contribution < 1.29 is 38.4 Å². The molecule has 0 radical (unpaired) electrons. The van der Waals surface area contributed by atoms with Crippen LogP contribution in [0.1, 0.15) is 140 Å². The number of ketones is 3. The molecule has 0 aromatic carbocycles. The first-order valence-electron chi connectivity index (χ1n) is 21.4. The van der Waals surface area contributed by atoms with Crippen LogP contribution < -0.4 is 26.6 Å². The molecule has 2 fully saturated rings. The van der Waals surface area contributed by atoms with Gasteiger partial charge in [0.25, 0.3) is 0 Å². The minimum Gasteiger partial charge on any atom is -0.356 e. The zero-order chi connectivity index (χ0) is 45.0. The molecule has 0 spiro atoms. The van der Waals surface area contributed by atoms with Gasteiger partial charge in [-0.3, -0.25) is 38.4 Å². The summed E-state index contributed by atoms with van der Waals surface area (Å²) < 4.78 is 0. The van der Waals surface area contributed by atoms with Gasteiger partial charge in [0.2, 0.25) is 29.5 Å². The number of hydrogen-bond donors (Lipinski definition) is 5. The van der Waals surface area contributed by atoms with Crippen LogP contribution in [0.5, 0.6) is 0 Å². The number of nitrogens with zero attached hydrogens (tertiary/aromatic N) is 2. The topological polar surface area (TPSA) is 244 Å². The molecule has 15 nitrogen and oxygen atoms in total. The van der Waals surface area contributed by atoms with Crippen molar-refractivity contribution in [2.45, 2.75) is 164 Å². The Hall–Kier alpha value is -4.66. The molecule has 0 unspecified atom stereocenters. The molecule has 0 bridgehead atoms. The molecule has 8 atom stereocenters. The van der Waals surface area contributed by atoms with Gasteiger partial charge in [-0.2, -0.15) is 10.5 Å². The fourth-order valence-corrected chi connectivity index (χ4v) is 7.73. The van der Waals surface area contributed by atoms with E-state index in [1.54, 1.807) is 0 Å². The van der Waals surface area contributed by atoms with E-state index in [2.05, 4.69) is 38.7 Å². The lowest BCUT2D eigenvalue weighted by Crippen LogP contribution is -2.46. The number of hydrogen-bond acceptors (Lipinski definition) is 10. The molecule has 59 heavy (non-hydrogen) atoms. The van der Waals surface area contributed by atoms with Crippen molar-refractivity contribution in [3.05, 3.63) is 0 Å². The van der Waals surface area contributed by atoms with Crippen LogP contribution in [0.2, 0.25) is 0 Å². The van der Waals surface area contributed by atoms with Crippen molar-refractivity contribution in [1.29, 1.82) is 10.5 Å². The molecule has 1 aliphatic carbocycles. The maximum absolute atomic E-state index is 12.9. The lowest BCUT2D eigenvalue weighted by molar-refractivity contribution is -0.133. The predicted octanol–water partition coefficient (Wildman–Crippen LogP) is 4.23. The molecule has 5 N–H and O–H groups in total. The minimum atomic E-state index is -0.780. The monoisotopic (exact) mass is 826 g/mol. The summed E-state index contributed by atoms with van der Waals surface area (Å²) in [5.41, 5.74) is 0. The normalized spacial score (nSPS) is 19.5. The van der Waals surface area contributed by atoms with Crippen molar-refractivity contribution in [3.8, 4) is 12.1 Å². The standard InChI is InChI=1S/C23H37N3O4.C21H34N4O4/c1-14(2)10-18(12-21(29)22(15(3)4)25-16(5)27)23(30)26-19(13-24)11-17-8-6-7-9-20(17)28;1-12(2)8-16(10-18(27)19(13(3)4)24-14(5)26)21(29)25-17(11-22)9-15-6-7-23-20(15)28/h14-15,17-19,22H,6-12H2,1-5H3,(H,25,27)(H,26,30);12-13,15-17,19H,6-10H2,1-5H3,(H,23,28)(H,24,26)(H,25,29)/t17-,18+,19-,22-;15-,16+,17-,19-/m00/s1. The van der Waals surface area contributed by atoms with Crippen LogP contribution in [-0.2, 0) is 38.4 Å². The van der Waals surface area contributed by atoms with Crippen molar-refractivity contribution >= 4 is 46.9 Å². The summed E-state index contributed by atoms with van der Waals surface area (Å²) in [5, 5.41) is 32.5. The number of carbonyl (C=O) groups excluding carboxylic acids is 8. The fraction of sp³-hybridized carbons (Fsp3) is 0.773. The number of nitrogens with one attached hydrogen (secondary N) is 5. The lowest BCUT2D eigenvalue weighted by Gasteiger charge is -2.26. The molecular weight excluding hydrogens is 755 g/mol. The Bertz CT molecular complexity index is 1550. The van der Waals surface area contributed by atoms with E-state index in [0.29, 0.717) is 38.6 Å². The molecule has 5 amide bonds. The van der Waals surface area contributed by atoms with Crippen LogP contribution in [0.25, 0.3) is 0 Å². The van der Waals surface area contributed by atoms with Crippen LogP contribution in [0.4, 0.5) is 0 Å². The predicted molar refractivity (Wildman–Crippen MR) is 222 cm³/mol. The van der Waals surface area contributed by atoms with E-state index < -0.39 is 36.0 Å². The van der Waals surface area contributed by atoms with Crippen LogP contribution in [0.15, 0.2) is 0 Å². The molecule has 1 saturated carbocycles. The summed E-state index contributed by atoms with van der Waals surface area (Å²) in [6.45, 7) is 18.6. The van der Waals surface area contributed by atoms with E-state index in [1.807, 2.05) is 55.4 Å². The number of carbonyl (C=O) groups is 8. The van der Waals surface area contributed by atoms with Crippen LogP contribution in [0, 0.1) is 70.0 Å². The molecule has 1 heterocycles. The third-order valence-electron chi connectivity index (χ3n) is 10.7. The highest BCUT2D eigenvalue weighted by atomic mass is 16.2. The van der Waals surface area contributed by atoms with Crippen molar-refractivity contribution in [2.24, 2.45) is 47.3 Å². The van der Waals surface area contributed by atoms with E-state index in [4.69, 9.17) is 0 Å². The number of rotatable bonds is 22. The lowest BCUT2D eigenvalue weighted by atomic mass is 9.83. The molecule has 0 aromatic rings. The average Bonchev–Trinajstić information content (AvgIpc) is 3.55. The number of nitriles is 2. The van der Waals surface area contributed by atoms with Crippen molar-refractivity contribution in [3.63, 3.8) is 0 Å². The summed E-state index contributed by atoms with van der Waals surface area (Å²) in [6, 6.07) is 1.34. The van der Waals surface area contributed by atoms with Gasteiger partial charge in [0.15, 0.2) is 11.6 Å². The highest BCUT2D eigenvalue weighted by Gasteiger charge is 2.34. The molecule has 15 heteroatoms. The van der Waals surface area contributed by atoms with E-state index in [0.717, 1.165) is 19.3 Å². The Morgan fingerprint density at radius 3 is 1.39 bits per heavy atom. The Kier molecular flexibility index (Phi) is 23.5. The van der Waals surface area contributed by atoms with Crippen LogP contribution >= 0.6 is 0 Å². The SMILES string of the molecule is CC(=O)N[C@H](C(=O)C[C@@H](CC(C)C)C(=O)N[C@H](C#N)C[C@@H]1CCCCC1=O)C(C)C.CC(=O)N[C@H](C(=O)C[C@@H](CC(C)C)C(=O)N[C@H](C#N)C[C@@H]1CCNC1=O)C(C)C. The average molecular weight is 826 g/mol. The zero-order valence-electron chi connectivity index (χ0n) is 37.1. The number of Topliss-reactive ketones (excluding diaryl/α,β-unsaturated/α-hetero) is 3. The Morgan fingerprint density at radius 1 is 0.644 bits per heavy atom. The first-order chi connectivity index (χ1) is 27.6. The summed E-state index contributed by atoms with van der Waals surface area (Å²) >= 11 is 0.